The predicted molar refractivity (Wildman–Crippen MR) is 104 cm³/mol. The van der Waals surface area contributed by atoms with Gasteiger partial charge in [0, 0.05) is 17.8 Å². The van der Waals surface area contributed by atoms with Gasteiger partial charge in [0.1, 0.15) is 0 Å². The number of sulfonamides is 1. The number of aryl methyl sites for hydroxylation is 2. The first-order valence-electron chi connectivity index (χ1n) is 8.13. The number of anilines is 1. The monoisotopic (exact) mass is 387 g/mol. The van der Waals surface area contributed by atoms with E-state index in [0.29, 0.717) is 12.2 Å². The second-order valence-electron chi connectivity index (χ2n) is 5.88. The van der Waals surface area contributed by atoms with Crippen molar-refractivity contribution in [2.75, 3.05) is 11.9 Å². The van der Waals surface area contributed by atoms with Crippen LogP contribution >= 0.6 is 0 Å². The molecular weight excluding hydrogens is 366 g/mol. The van der Waals surface area contributed by atoms with Crippen molar-refractivity contribution in [3.05, 3.63) is 71.8 Å². The van der Waals surface area contributed by atoms with Gasteiger partial charge in [0.2, 0.25) is 0 Å². The molecule has 2 aromatic carbocycles. The third-order valence-electron chi connectivity index (χ3n) is 3.83. The van der Waals surface area contributed by atoms with Crippen LogP contribution in [-0.4, -0.2) is 26.9 Å². The molecule has 3 N–H and O–H groups in total. The van der Waals surface area contributed by atoms with Crippen molar-refractivity contribution >= 4 is 27.6 Å². The van der Waals surface area contributed by atoms with Crippen LogP contribution in [0.25, 0.3) is 0 Å². The van der Waals surface area contributed by atoms with Gasteiger partial charge in [-0.15, -0.1) is 6.58 Å². The van der Waals surface area contributed by atoms with Crippen molar-refractivity contribution < 1.29 is 18.0 Å². The molecule has 0 aliphatic heterocycles. The zero-order valence-corrected chi connectivity index (χ0v) is 15.9. The standard InChI is InChI=1S/C19H21N3O4S/c1-4-11-20-19(24)21-16-7-9-17(10-8-16)27(25,26)22-18(23)15-6-5-13(2)14(3)12-15/h4-10,12H,1,11H2,2-3H3,(H,22,23)(H2,20,21,24). The summed E-state index contributed by atoms with van der Waals surface area (Å²) in [5.41, 5.74) is 2.58. The average molecular weight is 387 g/mol. The maximum atomic E-state index is 12.4. The molecule has 0 unspecified atom stereocenters. The smallest absolute Gasteiger partial charge is 0.319 e. The van der Waals surface area contributed by atoms with E-state index < -0.39 is 22.0 Å². The maximum absolute atomic E-state index is 12.4. The number of nitrogens with one attached hydrogen (secondary N) is 3. The second-order valence-corrected chi connectivity index (χ2v) is 7.56. The van der Waals surface area contributed by atoms with Gasteiger partial charge >= 0.3 is 6.03 Å². The Morgan fingerprint density at radius 2 is 1.70 bits per heavy atom. The van der Waals surface area contributed by atoms with Crippen molar-refractivity contribution in [3.63, 3.8) is 0 Å². The van der Waals surface area contributed by atoms with E-state index in [0.717, 1.165) is 11.1 Å². The highest BCUT2D eigenvalue weighted by atomic mass is 32.2. The van der Waals surface area contributed by atoms with Gasteiger partial charge in [-0.3, -0.25) is 4.79 Å². The third-order valence-corrected chi connectivity index (χ3v) is 5.17. The van der Waals surface area contributed by atoms with Crippen molar-refractivity contribution in [2.45, 2.75) is 18.7 Å². The molecule has 0 bridgehead atoms. The lowest BCUT2D eigenvalue weighted by Gasteiger charge is -2.10. The molecule has 0 heterocycles. The number of hydrogen-bond donors (Lipinski definition) is 3. The highest BCUT2D eigenvalue weighted by Gasteiger charge is 2.19. The van der Waals surface area contributed by atoms with E-state index in [-0.39, 0.29) is 10.5 Å². The molecule has 0 aromatic heterocycles. The second kappa shape index (κ2) is 8.50. The molecule has 0 fully saturated rings. The van der Waals surface area contributed by atoms with Gasteiger partial charge in [0.15, 0.2) is 0 Å². The molecule has 0 aliphatic rings. The quantitative estimate of drug-likeness (QED) is 0.663. The van der Waals surface area contributed by atoms with Crippen LogP contribution in [0, 0.1) is 13.8 Å². The van der Waals surface area contributed by atoms with Crippen molar-refractivity contribution in [1.29, 1.82) is 0 Å². The van der Waals surface area contributed by atoms with Crippen LogP contribution in [0.1, 0.15) is 21.5 Å². The van der Waals surface area contributed by atoms with Crippen molar-refractivity contribution in [2.24, 2.45) is 0 Å². The van der Waals surface area contributed by atoms with Gasteiger partial charge in [-0.05, 0) is 61.4 Å². The first-order chi connectivity index (χ1) is 12.7. The summed E-state index contributed by atoms with van der Waals surface area (Å²) in [5.74, 6) is -0.705. The number of benzene rings is 2. The van der Waals surface area contributed by atoms with Crippen LogP contribution < -0.4 is 15.4 Å². The Kier molecular flexibility index (Phi) is 6.36. The van der Waals surface area contributed by atoms with E-state index in [2.05, 4.69) is 17.2 Å². The number of urea groups is 1. The molecule has 0 spiro atoms. The molecule has 0 atom stereocenters. The Labute approximate surface area is 158 Å². The molecule has 2 rings (SSSR count). The van der Waals surface area contributed by atoms with Crippen LogP contribution in [-0.2, 0) is 10.0 Å². The zero-order chi connectivity index (χ0) is 20.0. The lowest BCUT2D eigenvalue weighted by Crippen LogP contribution is -2.30. The largest absolute Gasteiger partial charge is 0.334 e. The lowest BCUT2D eigenvalue weighted by atomic mass is 10.1. The summed E-state index contributed by atoms with van der Waals surface area (Å²) in [6.45, 7) is 7.55. The van der Waals surface area contributed by atoms with Gasteiger partial charge in [0.25, 0.3) is 15.9 Å². The van der Waals surface area contributed by atoms with Crippen molar-refractivity contribution in [3.8, 4) is 0 Å². The number of rotatable bonds is 6. The van der Waals surface area contributed by atoms with E-state index in [1.54, 1.807) is 18.2 Å². The molecule has 0 radical (unpaired) electrons. The molecule has 0 saturated heterocycles. The minimum atomic E-state index is -4.03. The summed E-state index contributed by atoms with van der Waals surface area (Å²) in [4.78, 5) is 23.7. The molecule has 0 saturated carbocycles. The van der Waals surface area contributed by atoms with Crippen molar-refractivity contribution in [1.82, 2.24) is 10.0 Å². The van der Waals surface area contributed by atoms with E-state index in [4.69, 9.17) is 0 Å². The SMILES string of the molecule is C=CCNC(=O)Nc1ccc(S(=O)(=O)NC(=O)c2ccc(C)c(C)c2)cc1. The average Bonchev–Trinajstić information content (AvgIpc) is 2.62. The van der Waals surface area contributed by atoms with Gasteiger partial charge in [-0.1, -0.05) is 12.1 Å². The summed E-state index contributed by atoms with van der Waals surface area (Å²) in [5, 5.41) is 5.09. The zero-order valence-electron chi connectivity index (χ0n) is 15.1. The summed E-state index contributed by atoms with van der Waals surface area (Å²) in [6, 6.07) is 10.0. The first-order valence-corrected chi connectivity index (χ1v) is 9.61. The highest BCUT2D eigenvalue weighted by molar-refractivity contribution is 7.90. The minimum Gasteiger partial charge on any atom is -0.334 e. The van der Waals surface area contributed by atoms with E-state index in [9.17, 15) is 18.0 Å². The Hall–Kier alpha value is -3.13. The number of amides is 3. The fraction of sp³-hybridized carbons (Fsp3) is 0.158. The number of hydrogen-bond acceptors (Lipinski definition) is 4. The molecule has 7 nitrogen and oxygen atoms in total. The van der Waals surface area contributed by atoms with E-state index >= 15 is 0 Å². The fourth-order valence-electron chi connectivity index (χ4n) is 2.18. The Bertz CT molecular complexity index is 967. The van der Waals surface area contributed by atoms with Crippen LogP contribution in [0.3, 0.4) is 0 Å². The van der Waals surface area contributed by atoms with Gasteiger partial charge < -0.3 is 10.6 Å². The molecule has 3 amide bonds. The fourth-order valence-corrected chi connectivity index (χ4v) is 3.15. The maximum Gasteiger partial charge on any atom is 0.319 e. The van der Waals surface area contributed by atoms with Crippen LogP contribution in [0.2, 0.25) is 0 Å². The van der Waals surface area contributed by atoms with Gasteiger partial charge in [0.05, 0.1) is 4.90 Å². The molecule has 0 aliphatic carbocycles. The molecule has 8 heteroatoms. The van der Waals surface area contributed by atoms with Gasteiger partial charge in [-0.25, -0.2) is 17.9 Å². The predicted octanol–water partition coefficient (Wildman–Crippen LogP) is 2.73. The summed E-state index contributed by atoms with van der Waals surface area (Å²) < 4.78 is 26.8. The summed E-state index contributed by atoms with van der Waals surface area (Å²) in [7, 11) is -4.03. The lowest BCUT2D eigenvalue weighted by molar-refractivity contribution is 0.0981. The Morgan fingerprint density at radius 3 is 2.30 bits per heavy atom. The third kappa shape index (κ3) is 5.42. The molecule has 2 aromatic rings. The topological polar surface area (TPSA) is 104 Å². The highest BCUT2D eigenvalue weighted by Crippen LogP contribution is 2.15. The Balaban J connectivity index is 2.09. The van der Waals surface area contributed by atoms with Crippen LogP contribution in [0.15, 0.2) is 60.0 Å². The first kappa shape index (κ1) is 20.2. The molecule has 142 valence electrons. The summed E-state index contributed by atoms with van der Waals surface area (Å²) >= 11 is 0. The minimum absolute atomic E-state index is 0.0864. The molecule has 27 heavy (non-hydrogen) atoms. The van der Waals surface area contributed by atoms with Crippen LogP contribution in [0.5, 0.6) is 0 Å². The normalized spacial score (nSPS) is 10.7. The van der Waals surface area contributed by atoms with Gasteiger partial charge in [-0.2, -0.15) is 0 Å². The number of carbonyl (C=O) groups is 2. The number of carbonyl (C=O) groups excluding carboxylic acids is 2. The van der Waals surface area contributed by atoms with Crippen LogP contribution in [0.4, 0.5) is 10.5 Å². The molecular formula is C19H21N3O4S. The van der Waals surface area contributed by atoms with E-state index in [1.807, 2.05) is 18.6 Å². The summed E-state index contributed by atoms with van der Waals surface area (Å²) in [6.07, 6.45) is 1.54. The Morgan fingerprint density at radius 1 is 1.04 bits per heavy atom. The van der Waals surface area contributed by atoms with E-state index in [1.165, 1.54) is 30.3 Å².